The molecule has 2 atom stereocenters. The minimum absolute atomic E-state index is 0.240. The average Bonchev–Trinajstić information content (AvgIpc) is 2.38. The first kappa shape index (κ1) is 14.3. The van der Waals surface area contributed by atoms with Gasteiger partial charge in [-0.05, 0) is 18.9 Å². The molecule has 0 aliphatic carbocycles. The Morgan fingerprint density at radius 2 is 2.22 bits per heavy atom. The molecule has 1 heterocycles. The first-order chi connectivity index (χ1) is 8.49. The van der Waals surface area contributed by atoms with Gasteiger partial charge in [0.15, 0.2) is 0 Å². The van der Waals surface area contributed by atoms with E-state index in [9.17, 15) is 4.79 Å². The molecule has 0 radical (unpaired) electrons. The number of anilines is 2. The molecular weight excluding hydrogens is 230 g/mol. The number of nitrogen functional groups attached to an aromatic ring is 1. The molecule has 0 bridgehead atoms. The molecule has 5 heteroatoms. The van der Waals surface area contributed by atoms with Crippen LogP contribution in [0.1, 0.15) is 37.6 Å². The Hall–Kier alpha value is -1.78. The lowest BCUT2D eigenvalue weighted by atomic mass is 10.0. The van der Waals surface area contributed by atoms with Crippen LogP contribution in [0, 0.1) is 5.92 Å². The predicted octanol–water partition coefficient (Wildman–Crippen LogP) is 2.30. The monoisotopic (exact) mass is 251 g/mol. The van der Waals surface area contributed by atoms with Gasteiger partial charge in [0.05, 0.1) is 24.6 Å². The molecule has 1 rings (SSSR count). The minimum Gasteiger partial charge on any atom is -0.465 e. The van der Waals surface area contributed by atoms with Gasteiger partial charge in [0.1, 0.15) is 5.82 Å². The number of nitrogens with zero attached hydrogens (tertiary/aromatic N) is 1. The Morgan fingerprint density at radius 3 is 2.78 bits per heavy atom. The zero-order valence-corrected chi connectivity index (χ0v) is 11.4. The highest BCUT2D eigenvalue weighted by atomic mass is 16.5. The van der Waals surface area contributed by atoms with Crippen LogP contribution in [0.15, 0.2) is 12.3 Å². The van der Waals surface area contributed by atoms with E-state index in [1.54, 1.807) is 6.20 Å². The van der Waals surface area contributed by atoms with Crippen molar-refractivity contribution < 1.29 is 9.53 Å². The summed E-state index contributed by atoms with van der Waals surface area (Å²) < 4.78 is 4.74. The van der Waals surface area contributed by atoms with E-state index < -0.39 is 5.97 Å². The molecule has 0 saturated heterocycles. The van der Waals surface area contributed by atoms with Gasteiger partial charge in [0, 0.05) is 6.04 Å². The van der Waals surface area contributed by atoms with Crippen LogP contribution in [0.2, 0.25) is 0 Å². The standard InChI is InChI=1S/C13H21N3O2/c1-5-8(2)9(3)16-11-7-15-12(14)6-10(11)13(17)18-4/h6-9,16H,5H2,1-4H3,(H2,14,15). The zero-order valence-electron chi connectivity index (χ0n) is 11.4. The second-order valence-electron chi connectivity index (χ2n) is 4.46. The molecule has 18 heavy (non-hydrogen) atoms. The molecule has 0 amide bonds. The van der Waals surface area contributed by atoms with Gasteiger partial charge in [0.2, 0.25) is 0 Å². The lowest BCUT2D eigenvalue weighted by Gasteiger charge is -2.22. The highest BCUT2D eigenvalue weighted by Gasteiger charge is 2.16. The van der Waals surface area contributed by atoms with Gasteiger partial charge < -0.3 is 15.8 Å². The molecule has 5 nitrogen and oxygen atoms in total. The van der Waals surface area contributed by atoms with Gasteiger partial charge in [-0.3, -0.25) is 0 Å². The molecule has 0 aliphatic rings. The van der Waals surface area contributed by atoms with Crippen LogP contribution in [-0.2, 0) is 4.74 Å². The van der Waals surface area contributed by atoms with Crippen LogP contribution in [0.25, 0.3) is 0 Å². The van der Waals surface area contributed by atoms with Crippen LogP contribution < -0.4 is 11.1 Å². The first-order valence-corrected chi connectivity index (χ1v) is 6.10. The molecule has 0 saturated carbocycles. The fourth-order valence-electron chi connectivity index (χ4n) is 1.61. The third-order valence-electron chi connectivity index (χ3n) is 3.21. The number of rotatable bonds is 5. The molecule has 0 spiro atoms. The summed E-state index contributed by atoms with van der Waals surface area (Å²) in [6.07, 6.45) is 2.63. The normalized spacial score (nSPS) is 13.8. The quantitative estimate of drug-likeness (QED) is 0.785. The maximum Gasteiger partial charge on any atom is 0.340 e. The van der Waals surface area contributed by atoms with Crippen molar-refractivity contribution in [2.45, 2.75) is 33.2 Å². The SMILES string of the molecule is CCC(C)C(C)Nc1cnc(N)cc1C(=O)OC. The number of aromatic nitrogens is 1. The van der Waals surface area contributed by atoms with Gasteiger partial charge >= 0.3 is 5.97 Å². The number of nitrogens with one attached hydrogen (secondary N) is 1. The molecule has 3 N–H and O–H groups in total. The number of hydrogen-bond acceptors (Lipinski definition) is 5. The molecule has 1 aromatic heterocycles. The van der Waals surface area contributed by atoms with Crippen molar-refractivity contribution in [3.05, 3.63) is 17.8 Å². The van der Waals surface area contributed by atoms with Crippen molar-refractivity contribution in [3.63, 3.8) is 0 Å². The number of hydrogen-bond donors (Lipinski definition) is 2. The van der Waals surface area contributed by atoms with Crippen molar-refractivity contribution in [1.29, 1.82) is 0 Å². The van der Waals surface area contributed by atoms with Gasteiger partial charge in [-0.1, -0.05) is 20.3 Å². The summed E-state index contributed by atoms with van der Waals surface area (Å²) in [5.74, 6) is 0.383. The number of carbonyl (C=O) groups is 1. The lowest BCUT2D eigenvalue weighted by Crippen LogP contribution is -2.24. The lowest BCUT2D eigenvalue weighted by molar-refractivity contribution is 0.0601. The Balaban J connectivity index is 2.98. The van der Waals surface area contributed by atoms with Crippen molar-refractivity contribution in [2.24, 2.45) is 5.92 Å². The molecule has 1 aromatic rings. The number of esters is 1. The molecule has 0 fully saturated rings. The second-order valence-corrected chi connectivity index (χ2v) is 4.46. The van der Waals surface area contributed by atoms with Gasteiger partial charge in [-0.15, -0.1) is 0 Å². The van der Waals surface area contributed by atoms with Crippen LogP contribution in [0.3, 0.4) is 0 Å². The van der Waals surface area contributed by atoms with Crippen molar-refractivity contribution in [2.75, 3.05) is 18.2 Å². The smallest absolute Gasteiger partial charge is 0.340 e. The summed E-state index contributed by atoms with van der Waals surface area (Å²) in [5, 5.41) is 3.28. The maximum atomic E-state index is 11.7. The van der Waals surface area contributed by atoms with Crippen LogP contribution in [-0.4, -0.2) is 24.1 Å². The maximum absolute atomic E-state index is 11.7. The van der Waals surface area contributed by atoms with Crippen LogP contribution >= 0.6 is 0 Å². The molecule has 0 aliphatic heterocycles. The second kappa shape index (κ2) is 6.23. The van der Waals surface area contributed by atoms with E-state index in [1.165, 1.54) is 13.2 Å². The minimum atomic E-state index is -0.414. The highest BCUT2D eigenvalue weighted by Crippen LogP contribution is 2.21. The number of ether oxygens (including phenoxy) is 1. The average molecular weight is 251 g/mol. The van der Waals surface area contributed by atoms with E-state index in [2.05, 4.69) is 31.1 Å². The summed E-state index contributed by atoms with van der Waals surface area (Å²) in [7, 11) is 1.35. The van der Waals surface area contributed by atoms with Gasteiger partial charge in [-0.2, -0.15) is 0 Å². The summed E-state index contributed by atoms with van der Waals surface area (Å²) in [6.45, 7) is 6.36. The first-order valence-electron chi connectivity index (χ1n) is 6.10. The highest BCUT2D eigenvalue weighted by molar-refractivity contribution is 5.96. The third-order valence-corrected chi connectivity index (χ3v) is 3.21. The van der Waals surface area contributed by atoms with E-state index in [4.69, 9.17) is 10.5 Å². The summed E-state index contributed by atoms with van der Waals surface area (Å²) in [6, 6.07) is 1.76. The summed E-state index contributed by atoms with van der Waals surface area (Å²) >= 11 is 0. The number of methoxy groups -OCH3 is 1. The fourth-order valence-corrected chi connectivity index (χ4v) is 1.61. The van der Waals surface area contributed by atoms with Crippen molar-refractivity contribution in [1.82, 2.24) is 4.98 Å². The van der Waals surface area contributed by atoms with Crippen molar-refractivity contribution in [3.8, 4) is 0 Å². The molecule has 0 aromatic carbocycles. The van der Waals surface area contributed by atoms with Gasteiger partial charge in [-0.25, -0.2) is 9.78 Å². The molecule has 100 valence electrons. The predicted molar refractivity (Wildman–Crippen MR) is 72.5 cm³/mol. The largest absolute Gasteiger partial charge is 0.465 e. The Labute approximate surface area is 108 Å². The molecular formula is C13H21N3O2. The summed E-state index contributed by atoms with van der Waals surface area (Å²) in [5.41, 5.74) is 6.66. The number of nitrogens with two attached hydrogens (primary N) is 1. The topological polar surface area (TPSA) is 77.2 Å². The Bertz CT molecular complexity index is 421. The van der Waals surface area contributed by atoms with Crippen LogP contribution in [0.5, 0.6) is 0 Å². The van der Waals surface area contributed by atoms with Gasteiger partial charge in [0.25, 0.3) is 0 Å². The van der Waals surface area contributed by atoms with Crippen LogP contribution in [0.4, 0.5) is 11.5 Å². The van der Waals surface area contributed by atoms with E-state index >= 15 is 0 Å². The Kier molecular flexibility index (Phi) is 4.95. The number of pyridine rings is 1. The summed E-state index contributed by atoms with van der Waals surface area (Å²) in [4.78, 5) is 15.7. The number of carbonyl (C=O) groups excluding carboxylic acids is 1. The fraction of sp³-hybridized carbons (Fsp3) is 0.538. The zero-order chi connectivity index (χ0) is 13.7. The van der Waals surface area contributed by atoms with E-state index in [-0.39, 0.29) is 6.04 Å². The third kappa shape index (κ3) is 3.35. The van der Waals surface area contributed by atoms with Crippen molar-refractivity contribution >= 4 is 17.5 Å². The van der Waals surface area contributed by atoms with E-state index in [0.29, 0.717) is 23.0 Å². The Morgan fingerprint density at radius 1 is 1.56 bits per heavy atom. The van der Waals surface area contributed by atoms with E-state index in [1.807, 2.05) is 0 Å². The van der Waals surface area contributed by atoms with E-state index in [0.717, 1.165) is 6.42 Å². The molecule has 2 unspecified atom stereocenters.